The second-order valence-electron chi connectivity index (χ2n) is 3.28. The van der Waals surface area contributed by atoms with Crippen LogP contribution in [0.4, 0.5) is 4.39 Å². The molecule has 0 N–H and O–H groups in total. The number of sulfone groups is 1. The third-order valence-electron chi connectivity index (χ3n) is 1.81. The number of carbonyl (C=O) groups is 1. The predicted molar refractivity (Wildman–Crippen MR) is 57.0 cm³/mol. The van der Waals surface area contributed by atoms with E-state index in [-0.39, 0.29) is 23.7 Å². The van der Waals surface area contributed by atoms with Crippen LogP contribution in [0.3, 0.4) is 0 Å². The molecule has 1 rings (SSSR count). The molecule has 0 saturated heterocycles. The first-order valence-electron chi connectivity index (χ1n) is 4.47. The predicted octanol–water partition coefficient (Wildman–Crippen LogP) is 1.06. The first-order chi connectivity index (χ1) is 7.42. The van der Waals surface area contributed by atoms with Crippen molar-refractivity contribution in [3.63, 3.8) is 0 Å². The van der Waals surface area contributed by atoms with Gasteiger partial charge in [0.2, 0.25) is 0 Å². The first-order valence-corrected chi connectivity index (χ1v) is 6.53. The van der Waals surface area contributed by atoms with Crippen LogP contribution in [0.5, 0.6) is 5.75 Å². The number of carbonyl (C=O) groups excluding carboxylic acids is 1. The minimum atomic E-state index is -3.11. The van der Waals surface area contributed by atoms with Gasteiger partial charge in [0.15, 0.2) is 16.1 Å². The van der Waals surface area contributed by atoms with Crippen LogP contribution in [0, 0.1) is 5.82 Å². The molecule has 1 aromatic carbocycles. The molecule has 0 atom stereocenters. The Balaban J connectivity index is 2.70. The van der Waals surface area contributed by atoms with Crippen molar-refractivity contribution in [2.45, 2.75) is 0 Å². The lowest BCUT2D eigenvalue weighted by molar-refractivity contribution is 0.111. The monoisotopic (exact) mass is 246 g/mol. The zero-order valence-electron chi connectivity index (χ0n) is 8.64. The standard InChI is InChI=1S/C10H11FO4S/c1-16(13,14)5-4-15-10-3-2-9(11)6-8(10)7-12/h2-3,6-7H,4-5H2,1H3. The molecule has 0 aromatic heterocycles. The third kappa shape index (κ3) is 3.98. The quantitative estimate of drug-likeness (QED) is 0.729. The van der Waals surface area contributed by atoms with E-state index in [2.05, 4.69) is 0 Å². The summed E-state index contributed by atoms with van der Waals surface area (Å²) in [7, 11) is -3.11. The molecule has 0 fully saturated rings. The van der Waals surface area contributed by atoms with Gasteiger partial charge in [0.05, 0.1) is 11.3 Å². The van der Waals surface area contributed by atoms with E-state index in [1.165, 1.54) is 6.07 Å². The van der Waals surface area contributed by atoms with E-state index in [0.29, 0.717) is 6.29 Å². The molecule has 88 valence electrons. The van der Waals surface area contributed by atoms with E-state index in [1.807, 2.05) is 0 Å². The van der Waals surface area contributed by atoms with Gasteiger partial charge in [-0.2, -0.15) is 0 Å². The van der Waals surface area contributed by atoms with Crippen molar-refractivity contribution in [1.82, 2.24) is 0 Å². The lowest BCUT2D eigenvalue weighted by Crippen LogP contribution is -2.12. The number of hydrogen-bond donors (Lipinski definition) is 0. The van der Waals surface area contributed by atoms with Crippen molar-refractivity contribution in [1.29, 1.82) is 0 Å². The fraction of sp³-hybridized carbons (Fsp3) is 0.300. The number of benzene rings is 1. The van der Waals surface area contributed by atoms with Crippen LogP contribution in [0.15, 0.2) is 18.2 Å². The topological polar surface area (TPSA) is 60.4 Å². The molecule has 0 heterocycles. The number of aldehydes is 1. The van der Waals surface area contributed by atoms with E-state index >= 15 is 0 Å². The molecule has 0 aliphatic carbocycles. The highest BCUT2D eigenvalue weighted by molar-refractivity contribution is 7.90. The molecule has 4 nitrogen and oxygen atoms in total. The summed E-state index contributed by atoms with van der Waals surface area (Å²) in [5, 5.41) is 0. The Bertz CT molecular complexity index is 482. The highest BCUT2D eigenvalue weighted by Crippen LogP contribution is 2.17. The summed E-state index contributed by atoms with van der Waals surface area (Å²) in [5.41, 5.74) is 0.0634. The van der Waals surface area contributed by atoms with Crippen LogP contribution in [-0.2, 0) is 9.84 Å². The van der Waals surface area contributed by atoms with Crippen LogP contribution < -0.4 is 4.74 Å². The fourth-order valence-electron chi connectivity index (χ4n) is 1.05. The molecular formula is C10H11FO4S. The number of halogens is 1. The van der Waals surface area contributed by atoms with Gasteiger partial charge in [0.1, 0.15) is 18.2 Å². The smallest absolute Gasteiger partial charge is 0.153 e. The van der Waals surface area contributed by atoms with E-state index in [0.717, 1.165) is 18.4 Å². The third-order valence-corrected chi connectivity index (χ3v) is 2.72. The maximum atomic E-state index is 12.7. The maximum absolute atomic E-state index is 12.7. The number of rotatable bonds is 5. The highest BCUT2D eigenvalue weighted by Gasteiger charge is 2.06. The van der Waals surface area contributed by atoms with Crippen molar-refractivity contribution >= 4 is 16.1 Å². The van der Waals surface area contributed by atoms with Gasteiger partial charge in [-0.05, 0) is 18.2 Å². The van der Waals surface area contributed by atoms with Crippen LogP contribution in [0.1, 0.15) is 10.4 Å². The normalized spacial score (nSPS) is 11.1. The highest BCUT2D eigenvalue weighted by atomic mass is 32.2. The van der Waals surface area contributed by atoms with Crippen molar-refractivity contribution in [3.8, 4) is 5.75 Å². The zero-order chi connectivity index (χ0) is 12.2. The molecule has 0 aliphatic heterocycles. The molecule has 0 bridgehead atoms. The molecule has 0 spiro atoms. The fourth-order valence-corrected chi connectivity index (χ4v) is 1.43. The summed E-state index contributed by atoms with van der Waals surface area (Å²) < 4.78 is 39.5. The molecule has 0 saturated carbocycles. The van der Waals surface area contributed by atoms with Gasteiger partial charge < -0.3 is 4.74 Å². The molecular weight excluding hydrogens is 235 g/mol. The Labute approximate surface area is 93.0 Å². The lowest BCUT2D eigenvalue weighted by Gasteiger charge is -2.07. The van der Waals surface area contributed by atoms with E-state index in [1.54, 1.807) is 0 Å². The number of hydrogen-bond acceptors (Lipinski definition) is 4. The molecule has 0 aliphatic rings. The van der Waals surface area contributed by atoms with E-state index < -0.39 is 15.7 Å². The second kappa shape index (κ2) is 5.07. The van der Waals surface area contributed by atoms with Gasteiger partial charge in [-0.25, -0.2) is 12.8 Å². The van der Waals surface area contributed by atoms with Gasteiger partial charge in [0.25, 0.3) is 0 Å². The van der Waals surface area contributed by atoms with Gasteiger partial charge >= 0.3 is 0 Å². The lowest BCUT2D eigenvalue weighted by atomic mass is 10.2. The summed E-state index contributed by atoms with van der Waals surface area (Å²) in [5.74, 6) is -0.513. The van der Waals surface area contributed by atoms with Crippen molar-refractivity contribution in [2.24, 2.45) is 0 Å². The van der Waals surface area contributed by atoms with E-state index in [4.69, 9.17) is 4.74 Å². The molecule has 16 heavy (non-hydrogen) atoms. The average Bonchev–Trinajstić information content (AvgIpc) is 2.18. The van der Waals surface area contributed by atoms with Gasteiger partial charge in [-0.1, -0.05) is 0 Å². The van der Waals surface area contributed by atoms with Gasteiger partial charge in [0, 0.05) is 6.26 Å². The molecule has 0 amide bonds. The summed E-state index contributed by atoms with van der Waals surface area (Å²) >= 11 is 0. The minimum Gasteiger partial charge on any atom is -0.492 e. The second-order valence-corrected chi connectivity index (χ2v) is 5.54. The average molecular weight is 246 g/mol. The van der Waals surface area contributed by atoms with Gasteiger partial charge in [-0.15, -0.1) is 0 Å². The summed E-state index contributed by atoms with van der Waals surface area (Å²) in [6, 6.07) is 3.47. The molecule has 0 radical (unpaired) electrons. The number of ether oxygens (including phenoxy) is 1. The first kappa shape index (κ1) is 12.6. The summed E-state index contributed by atoms with van der Waals surface area (Å²) in [6.07, 6.45) is 1.54. The van der Waals surface area contributed by atoms with Crippen LogP contribution in [-0.4, -0.2) is 33.3 Å². The van der Waals surface area contributed by atoms with E-state index in [9.17, 15) is 17.6 Å². The van der Waals surface area contributed by atoms with Crippen molar-refractivity contribution in [3.05, 3.63) is 29.6 Å². The largest absolute Gasteiger partial charge is 0.492 e. The van der Waals surface area contributed by atoms with Gasteiger partial charge in [-0.3, -0.25) is 4.79 Å². The minimum absolute atomic E-state index is 0.0634. The van der Waals surface area contributed by atoms with Crippen molar-refractivity contribution < 1.29 is 22.3 Å². The zero-order valence-corrected chi connectivity index (χ0v) is 9.46. The molecule has 6 heteroatoms. The van der Waals surface area contributed by atoms with Crippen molar-refractivity contribution in [2.75, 3.05) is 18.6 Å². The Morgan fingerprint density at radius 2 is 2.12 bits per heavy atom. The Morgan fingerprint density at radius 3 is 2.69 bits per heavy atom. The molecule has 0 unspecified atom stereocenters. The summed E-state index contributed by atoms with van der Waals surface area (Å²) in [4.78, 5) is 10.6. The Kier molecular flexibility index (Phi) is 4.00. The van der Waals surface area contributed by atoms with Crippen LogP contribution in [0.25, 0.3) is 0 Å². The van der Waals surface area contributed by atoms with Crippen LogP contribution in [0.2, 0.25) is 0 Å². The Hall–Kier alpha value is -1.43. The van der Waals surface area contributed by atoms with Crippen LogP contribution >= 0.6 is 0 Å². The SMILES string of the molecule is CS(=O)(=O)CCOc1ccc(F)cc1C=O. The summed E-state index contributed by atoms with van der Waals surface area (Å²) in [6.45, 7) is -0.0642. The maximum Gasteiger partial charge on any atom is 0.153 e. The molecule has 1 aromatic rings. The Morgan fingerprint density at radius 1 is 1.44 bits per heavy atom.